The molecule has 0 spiro atoms. The van der Waals surface area contributed by atoms with Gasteiger partial charge in [-0.15, -0.1) is 25.5 Å². The van der Waals surface area contributed by atoms with Crippen molar-refractivity contribution in [3.8, 4) is 0 Å². The van der Waals surface area contributed by atoms with Gasteiger partial charge in [-0.05, 0) is 19.3 Å². The van der Waals surface area contributed by atoms with Crippen molar-refractivity contribution in [2.75, 3.05) is 0 Å². The van der Waals surface area contributed by atoms with Crippen LogP contribution in [0.3, 0.4) is 0 Å². The van der Waals surface area contributed by atoms with Crippen LogP contribution >= 0.6 is 11.3 Å². The van der Waals surface area contributed by atoms with Crippen LogP contribution in [-0.2, 0) is 23.8 Å². The number of carbonyl (C=O) groups is 1. The quantitative estimate of drug-likeness (QED) is 0.783. The van der Waals surface area contributed by atoms with Gasteiger partial charge in [-0.3, -0.25) is 4.57 Å². The Balaban J connectivity index is 1.86. The first kappa shape index (κ1) is 17.6. The number of carbonyl (C=O) groups excluding carboxylic acids is 1. The zero-order valence-electron chi connectivity index (χ0n) is 13.7. The van der Waals surface area contributed by atoms with Crippen LogP contribution in [0, 0.1) is 0 Å². The van der Waals surface area contributed by atoms with Crippen molar-refractivity contribution >= 4 is 27.6 Å². The molecule has 136 valence electrons. The van der Waals surface area contributed by atoms with Gasteiger partial charge in [0.2, 0.25) is 4.80 Å². The Kier molecular flexibility index (Phi) is 4.64. The van der Waals surface area contributed by atoms with Crippen LogP contribution in [0.5, 0.6) is 0 Å². The molecule has 1 aliphatic rings. The van der Waals surface area contributed by atoms with E-state index in [1.54, 1.807) is 20.9 Å². The fourth-order valence-corrected chi connectivity index (χ4v) is 4.09. The molecule has 0 aliphatic heterocycles. The van der Waals surface area contributed by atoms with Gasteiger partial charge in [0.25, 0.3) is 0 Å². The summed E-state index contributed by atoms with van der Waals surface area (Å²) in [4.78, 5) is 24.5. The van der Waals surface area contributed by atoms with Crippen molar-refractivity contribution in [1.29, 1.82) is 0 Å². The lowest BCUT2D eigenvalue weighted by atomic mass is 10.4. The highest BCUT2D eigenvalue weighted by Crippen LogP contribution is 2.38. The lowest BCUT2D eigenvalue weighted by Crippen LogP contribution is -2.40. The molecule has 10 nitrogen and oxygen atoms in total. The molecule has 1 amide bonds. The van der Waals surface area contributed by atoms with Crippen LogP contribution in [0.2, 0.25) is 0 Å². The maximum Gasteiger partial charge on any atom is 0.361 e. The molecule has 0 radical (unpaired) electrons. The third kappa shape index (κ3) is 3.74. The number of aryl methyl sites for hydroxylation is 1. The number of nitrogens with zero attached hydrogens (tertiary/aromatic N) is 5. The van der Waals surface area contributed by atoms with Crippen molar-refractivity contribution in [3.63, 3.8) is 0 Å². The molecule has 12 heteroatoms. The van der Waals surface area contributed by atoms with Crippen LogP contribution in [0.4, 0.5) is 4.79 Å². The zero-order chi connectivity index (χ0) is 18.2. The first-order chi connectivity index (χ1) is 11.8. The molecule has 1 fully saturated rings. The van der Waals surface area contributed by atoms with Gasteiger partial charge in [0.15, 0.2) is 0 Å². The Hall–Kier alpha value is -2.21. The van der Waals surface area contributed by atoms with Crippen LogP contribution in [0.25, 0.3) is 0 Å². The molecule has 3 rings (SSSR count). The first-order valence-electron chi connectivity index (χ1n) is 7.75. The normalized spacial score (nSPS) is 15.5. The van der Waals surface area contributed by atoms with Crippen molar-refractivity contribution in [3.05, 3.63) is 32.7 Å². The van der Waals surface area contributed by atoms with Gasteiger partial charge in [0, 0.05) is 31.1 Å². The predicted octanol–water partition coefficient (Wildman–Crippen LogP) is 0.136. The van der Waals surface area contributed by atoms with Crippen molar-refractivity contribution in [2.45, 2.75) is 38.6 Å². The molecule has 2 aromatic rings. The fraction of sp³-hybridized carbons (Fsp3) is 0.538. The van der Waals surface area contributed by atoms with E-state index in [2.05, 4.69) is 9.50 Å². The Morgan fingerprint density at radius 1 is 1.48 bits per heavy atom. The van der Waals surface area contributed by atoms with E-state index >= 15 is 0 Å². The van der Waals surface area contributed by atoms with E-state index in [-0.39, 0.29) is 10.7 Å². The summed E-state index contributed by atoms with van der Waals surface area (Å²) in [7, 11) is -2.81. The van der Waals surface area contributed by atoms with Crippen LogP contribution in [-0.4, -0.2) is 33.4 Å². The highest BCUT2D eigenvalue weighted by atomic mass is 32.2. The van der Waals surface area contributed by atoms with E-state index in [1.807, 2.05) is 6.92 Å². The summed E-state index contributed by atoms with van der Waals surface area (Å²) in [6, 6.07) is -1.14. The van der Waals surface area contributed by atoms with Crippen LogP contribution in [0.1, 0.15) is 37.9 Å². The van der Waals surface area contributed by atoms with Gasteiger partial charge in [0.1, 0.15) is 5.82 Å². The Labute approximate surface area is 147 Å². The lowest BCUT2D eigenvalue weighted by molar-refractivity contribution is 0.243. The Morgan fingerprint density at radius 2 is 2.20 bits per heavy atom. The molecule has 2 aromatic heterocycles. The van der Waals surface area contributed by atoms with Crippen molar-refractivity contribution in [2.24, 2.45) is 11.4 Å². The van der Waals surface area contributed by atoms with Crippen LogP contribution < -0.4 is 15.2 Å². The van der Waals surface area contributed by atoms with E-state index in [9.17, 15) is 18.0 Å². The summed E-state index contributed by atoms with van der Waals surface area (Å²) < 4.78 is 33.1. The maximum atomic E-state index is 12.2. The highest BCUT2D eigenvalue weighted by molar-refractivity contribution is 7.88. The fourth-order valence-electron chi connectivity index (χ4n) is 2.34. The van der Waals surface area contributed by atoms with Crippen molar-refractivity contribution in [1.82, 2.24) is 23.6 Å². The van der Waals surface area contributed by atoms with E-state index in [0.717, 1.165) is 30.6 Å². The van der Waals surface area contributed by atoms with E-state index in [1.165, 1.54) is 11.6 Å². The summed E-state index contributed by atoms with van der Waals surface area (Å²) in [6.07, 6.45) is 4.32. The third-order valence-electron chi connectivity index (χ3n) is 3.69. The van der Waals surface area contributed by atoms with Gasteiger partial charge in [-0.1, -0.05) is 6.92 Å². The molecule has 25 heavy (non-hydrogen) atoms. The molecule has 0 bridgehead atoms. The molecule has 0 saturated heterocycles. The second kappa shape index (κ2) is 6.59. The summed E-state index contributed by atoms with van der Waals surface area (Å²) >= 11 is 1.14. The summed E-state index contributed by atoms with van der Waals surface area (Å²) in [6.45, 7) is 2.56. The largest absolute Gasteiger partial charge is 0.361 e. The minimum atomic E-state index is -4.31. The topological polar surface area (TPSA) is 120 Å². The minimum Gasteiger partial charge on any atom is -0.323 e. The maximum absolute atomic E-state index is 12.2. The average molecular weight is 386 g/mol. The zero-order valence-corrected chi connectivity index (χ0v) is 15.4. The number of hydrogen-bond acceptors (Lipinski definition) is 6. The Morgan fingerprint density at radius 3 is 2.84 bits per heavy atom. The molecule has 0 atom stereocenters. The van der Waals surface area contributed by atoms with Gasteiger partial charge in [-0.25, -0.2) is 14.3 Å². The van der Waals surface area contributed by atoms with Crippen LogP contribution in [0.15, 0.2) is 20.8 Å². The number of hydrogen-bond donors (Lipinski definition) is 1. The Bertz CT molecular complexity index is 1020. The van der Waals surface area contributed by atoms with Crippen molar-refractivity contribution < 1.29 is 13.2 Å². The van der Waals surface area contributed by atoms with Gasteiger partial charge in [-0.2, -0.15) is 8.42 Å². The molecule has 1 aliphatic carbocycles. The SMILES string of the molecule is CCCn1ccs/c1=N\S(=O)(=O)NC(=O)n1nc(C2CC2)n(C)c1=O. The second-order valence-electron chi connectivity index (χ2n) is 5.74. The van der Waals surface area contributed by atoms with E-state index in [0.29, 0.717) is 17.1 Å². The smallest absolute Gasteiger partial charge is 0.323 e. The molecule has 1 N–H and O–H groups in total. The lowest BCUT2D eigenvalue weighted by Gasteiger charge is -2.02. The first-order valence-corrected chi connectivity index (χ1v) is 10.1. The molecule has 0 aromatic carbocycles. The number of amides is 1. The summed E-state index contributed by atoms with van der Waals surface area (Å²) in [5.41, 5.74) is -0.688. The van der Waals surface area contributed by atoms with E-state index in [4.69, 9.17) is 0 Å². The average Bonchev–Trinajstić information content (AvgIpc) is 3.22. The number of thiazole rings is 1. The molecular weight excluding hydrogens is 368 g/mol. The summed E-state index contributed by atoms with van der Waals surface area (Å²) in [5, 5.41) is 5.65. The summed E-state index contributed by atoms with van der Waals surface area (Å²) in [5.74, 6) is 0.626. The van der Waals surface area contributed by atoms with Gasteiger partial charge < -0.3 is 4.57 Å². The number of rotatable bonds is 5. The highest BCUT2D eigenvalue weighted by Gasteiger charge is 2.31. The van der Waals surface area contributed by atoms with Gasteiger partial charge >= 0.3 is 21.9 Å². The second-order valence-corrected chi connectivity index (χ2v) is 7.95. The molecular formula is C13H18N6O4S2. The number of nitrogens with one attached hydrogen (secondary N) is 1. The number of aromatic nitrogens is 4. The predicted molar refractivity (Wildman–Crippen MR) is 90.5 cm³/mol. The third-order valence-corrected chi connectivity index (χ3v) is 5.44. The minimum absolute atomic E-state index is 0.146. The molecule has 1 saturated carbocycles. The van der Waals surface area contributed by atoms with E-state index < -0.39 is 21.9 Å². The molecule has 0 unspecified atom stereocenters. The molecule has 2 heterocycles. The standard InChI is InChI=1S/C13H18N6O4S2/c1-3-6-18-7-8-24-12(18)16-25(22,23)15-11(20)19-13(21)17(2)10(14-19)9-4-5-9/h7-9H,3-6H2,1-2H3,(H,15,20)/b16-12-. The van der Waals surface area contributed by atoms with Gasteiger partial charge in [0.05, 0.1) is 0 Å². The monoisotopic (exact) mass is 386 g/mol.